The summed E-state index contributed by atoms with van der Waals surface area (Å²) in [6.07, 6.45) is 0. The number of nitrogens with zero attached hydrogens (tertiary/aromatic N) is 3. The van der Waals surface area contributed by atoms with E-state index in [9.17, 15) is 8.42 Å². The highest BCUT2D eigenvalue weighted by molar-refractivity contribution is 7.92. The lowest BCUT2D eigenvalue weighted by molar-refractivity contribution is -0.0852. The first-order valence-electron chi connectivity index (χ1n) is 8.61. The molecule has 0 aliphatic carbocycles. The molecule has 0 aromatic carbocycles. The van der Waals surface area contributed by atoms with Gasteiger partial charge in [-0.15, -0.1) is 0 Å². The molecule has 0 atom stereocenters. The van der Waals surface area contributed by atoms with Crippen molar-refractivity contribution in [1.29, 1.82) is 0 Å². The van der Waals surface area contributed by atoms with Crippen molar-refractivity contribution in [2.24, 2.45) is 4.99 Å². The van der Waals surface area contributed by atoms with Gasteiger partial charge in [-0.05, 0) is 27.7 Å². The van der Waals surface area contributed by atoms with Gasteiger partial charge in [-0.25, -0.2) is 8.42 Å². The second-order valence-corrected chi connectivity index (χ2v) is 10.6. The zero-order valence-corrected chi connectivity index (χ0v) is 16.4. The van der Waals surface area contributed by atoms with Crippen LogP contribution in [0.5, 0.6) is 0 Å². The molecule has 24 heavy (non-hydrogen) atoms. The Morgan fingerprint density at radius 2 is 1.92 bits per heavy atom. The second-order valence-electron chi connectivity index (χ2n) is 7.86. The average molecular weight is 361 g/mol. The van der Waals surface area contributed by atoms with Crippen LogP contribution in [0.3, 0.4) is 0 Å². The molecule has 0 aromatic rings. The largest absolute Gasteiger partial charge is 0.373 e. The molecular weight excluding hydrogens is 328 g/mol. The number of hydrogen-bond donors (Lipinski definition) is 1. The first-order valence-corrected chi connectivity index (χ1v) is 10.3. The van der Waals surface area contributed by atoms with E-state index < -0.39 is 14.6 Å². The quantitative estimate of drug-likeness (QED) is 0.572. The molecule has 2 fully saturated rings. The van der Waals surface area contributed by atoms with Crippen LogP contribution in [0.25, 0.3) is 0 Å². The molecule has 7 nitrogen and oxygen atoms in total. The van der Waals surface area contributed by atoms with E-state index >= 15 is 0 Å². The maximum absolute atomic E-state index is 12.1. The van der Waals surface area contributed by atoms with Crippen molar-refractivity contribution in [1.82, 2.24) is 15.1 Å². The molecule has 0 radical (unpaired) electrons. The molecule has 2 saturated heterocycles. The van der Waals surface area contributed by atoms with Crippen LogP contribution >= 0.6 is 0 Å². The minimum Gasteiger partial charge on any atom is -0.373 e. The molecule has 1 N–H and O–H groups in total. The molecule has 0 spiro atoms. The standard InChI is InChI=1S/C16H32N4O3S/c1-15(2)12-19(8-10-23-15)7-6-18-14(17-5)20-9-11-24(21,22)16(3,4)13-20/h6-13H2,1-5H3,(H,17,18). The second kappa shape index (κ2) is 7.17. The van der Waals surface area contributed by atoms with Gasteiger partial charge in [-0.1, -0.05) is 0 Å². The van der Waals surface area contributed by atoms with Gasteiger partial charge in [0.2, 0.25) is 0 Å². The number of ether oxygens (including phenoxy) is 1. The van der Waals surface area contributed by atoms with Crippen molar-refractivity contribution in [3.8, 4) is 0 Å². The Balaban J connectivity index is 1.85. The topological polar surface area (TPSA) is 74.2 Å². The van der Waals surface area contributed by atoms with E-state index in [0.29, 0.717) is 13.1 Å². The Bertz CT molecular complexity index is 572. The molecule has 0 aromatic heterocycles. The highest BCUT2D eigenvalue weighted by atomic mass is 32.2. The molecule has 2 aliphatic rings. The minimum atomic E-state index is -3.03. The Kier molecular flexibility index (Phi) is 5.82. The summed E-state index contributed by atoms with van der Waals surface area (Å²) < 4.78 is 29.3. The third-order valence-electron chi connectivity index (χ3n) is 4.77. The van der Waals surface area contributed by atoms with Crippen molar-refractivity contribution in [2.75, 3.05) is 58.7 Å². The molecule has 8 heteroatoms. The lowest BCUT2D eigenvalue weighted by atomic mass is 10.1. The Morgan fingerprint density at radius 1 is 1.21 bits per heavy atom. The van der Waals surface area contributed by atoms with Gasteiger partial charge in [0.05, 0.1) is 22.7 Å². The highest BCUT2D eigenvalue weighted by Gasteiger charge is 2.41. The summed E-state index contributed by atoms with van der Waals surface area (Å²) in [5.74, 6) is 0.962. The van der Waals surface area contributed by atoms with Crippen LogP contribution in [-0.2, 0) is 14.6 Å². The van der Waals surface area contributed by atoms with Crippen molar-refractivity contribution in [2.45, 2.75) is 38.0 Å². The Morgan fingerprint density at radius 3 is 2.50 bits per heavy atom. The SMILES string of the molecule is CN=C(NCCN1CCOC(C)(C)C1)N1CCS(=O)(=O)C(C)(C)C1. The maximum atomic E-state index is 12.1. The zero-order chi connectivity index (χ0) is 18.0. The number of guanidine groups is 1. The maximum Gasteiger partial charge on any atom is 0.193 e. The first kappa shape index (κ1) is 19.5. The average Bonchev–Trinajstić information content (AvgIpc) is 2.46. The lowest BCUT2D eigenvalue weighted by Crippen LogP contribution is -2.58. The van der Waals surface area contributed by atoms with Gasteiger partial charge < -0.3 is 15.0 Å². The molecule has 0 unspecified atom stereocenters. The minimum absolute atomic E-state index is 0.0921. The highest BCUT2D eigenvalue weighted by Crippen LogP contribution is 2.23. The summed E-state index contributed by atoms with van der Waals surface area (Å²) in [5, 5.41) is 3.38. The van der Waals surface area contributed by atoms with Crippen LogP contribution in [0, 0.1) is 0 Å². The zero-order valence-electron chi connectivity index (χ0n) is 15.6. The molecule has 140 valence electrons. The van der Waals surface area contributed by atoms with Gasteiger partial charge in [0.15, 0.2) is 15.8 Å². The number of rotatable bonds is 3. The fraction of sp³-hybridized carbons (Fsp3) is 0.938. The number of hydrogen-bond acceptors (Lipinski definition) is 5. The fourth-order valence-corrected chi connectivity index (χ4v) is 4.65. The Hall–Kier alpha value is -0.860. The summed E-state index contributed by atoms with van der Waals surface area (Å²) in [6.45, 7) is 13.1. The third kappa shape index (κ3) is 4.61. The summed E-state index contributed by atoms with van der Waals surface area (Å²) in [5.41, 5.74) is -0.0921. The third-order valence-corrected chi connectivity index (χ3v) is 7.30. The van der Waals surface area contributed by atoms with Crippen molar-refractivity contribution in [3.63, 3.8) is 0 Å². The molecule has 2 aliphatic heterocycles. The van der Waals surface area contributed by atoms with Gasteiger partial charge in [0.25, 0.3) is 0 Å². The van der Waals surface area contributed by atoms with Crippen LogP contribution in [-0.4, -0.2) is 93.2 Å². The number of nitrogens with one attached hydrogen (secondary N) is 1. The predicted molar refractivity (Wildman–Crippen MR) is 97.3 cm³/mol. The summed E-state index contributed by atoms with van der Waals surface area (Å²) in [7, 11) is -1.29. The van der Waals surface area contributed by atoms with Gasteiger partial charge >= 0.3 is 0 Å². The van der Waals surface area contributed by atoms with Gasteiger partial charge in [0, 0.05) is 46.3 Å². The van der Waals surface area contributed by atoms with Crippen LogP contribution in [0.2, 0.25) is 0 Å². The smallest absolute Gasteiger partial charge is 0.193 e. The molecule has 0 bridgehead atoms. The molecule has 0 amide bonds. The van der Waals surface area contributed by atoms with Crippen LogP contribution in [0.4, 0.5) is 0 Å². The predicted octanol–water partition coefficient (Wildman–Crippen LogP) is 0.182. The van der Waals surface area contributed by atoms with Crippen LogP contribution in [0.1, 0.15) is 27.7 Å². The molecule has 2 heterocycles. The van der Waals surface area contributed by atoms with E-state index in [1.807, 2.05) is 4.90 Å². The van der Waals surface area contributed by atoms with Crippen molar-refractivity contribution >= 4 is 15.8 Å². The van der Waals surface area contributed by atoms with E-state index in [-0.39, 0.29) is 11.4 Å². The monoisotopic (exact) mass is 360 g/mol. The molecule has 0 saturated carbocycles. The van der Waals surface area contributed by atoms with E-state index in [4.69, 9.17) is 4.74 Å². The molecular formula is C16H32N4O3S. The van der Waals surface area contributed by atoms with E-state index in [1.54, 1.807) is 20.9 Å². The van der Waals surface area contributed by atoms with Crippen LogP contribution < -0.4 is 5.32 Å². The number of morpholine rings is 1. The van der Waals surface area contributed by atoms with Gasteiger partial charge in [-0.2, -0.15) is 0 Å². The summed E-state index contributed by atoms with van der Waals surface area (Å²) in [6, 6.07) is 0. The van der Waals surface area contributed by atoms with Crippen LogP contribution in [0.15, 0.2) is 4.99 Å². The summed E-state index contributed by atoms with van der Waals surface area (Å²) in [4.78, 5) is 8.76. The normalized spacial score (nSPS) is 27.0. The van der Waals surface area contributed by atoms with Crippen molar-refractivity contribution < 1.29 is 13.2 Å². The number of sulfone groups is 1. The van der Waals surface area contributed by atoms with E-state index in [1.165, 1.54) is 0 Å². The molecule has 2 rings (SSSR count). The van der Waals surface area contributed by atoms with Gasteiger partial charge in [0.1, 0.15) is 0 Å². The van der Waals surface area contributed by atoms with Gasteiger partial charge in [-0.3, -0.25) is 9.89 Å². The van der Waals surface area contributed by atoms with E-state index in [2.05, 4.69) is 29.1 Å². The summed E-state index contributed by atoms with van der Waals surface area (Å²) >= 11 is 0. The first-order chi connectivity index (χ1) is 11.1. The number of aliphatic imine (C=N–C) groups is 1. The lowest BCUT2D eigenvalue weighted by Gasteiger charge is -2.40. The Labute approximate surface area is 146 Å². The fourth-order valence-electron chi connectivity index (χ4n) is 3.29. The van der Waals surface area contributed by atoms with E-state index in [0.717, 1.165) is 38.7 Å². The van der Waals surface area contributed by atoms with Crippen molar-refractivity contribution in [3.05, 3.63) is 0 Å².